The number of allylic oxidation sites excluding steroid dienone is 3. The highest BCUT2D eigenvalue weighted by Gasteiger charge is 2.31. The number of oxime groups is 1. The summed E-state index contributed by atoms with van der Waals surface area (Å²) < 4.78 is 66.6. The van der Waals surface area contributed by atoms with Crippen LogP contribution < -0.4 is 0 Å². The molecule has 0 radical (unpaired) electrons. The van der Waals surface area contributed by atoms with Gasteiger partial charge in [-0.2, -0.15) is 0 Å². The van der Waals surface area contributed by atoms with E-state index in [2.05, 4.69) is 16.6 Å². The summed E-state index contributed by atoms with van der Waals surface area (Å²) in [5.74, 6) is -13.3. The van der Waals surface area contributed by atoms with Crippen LogP contribution in [-0.4, -0.2) is 11.7 Å². The van der Waals surface area contributed by atoms with Crippen molar-refractivity contribution in [3.63, 3.8) is 0 Å². The average molecular weight is 367 g/mol. The summed E-state index contributed by atoms with van der Waals surface area (Å²) >= 11 is 0. The molecule has 0 amide bonds. The smallest absolute Gasteiger partial charge is 0.312 e. The van der Waals surface area contributed by atoms with Gasteiger partial charge in [0.15, 0.2) is 23.3 Å². The van der Waals surface area contributed by atoms with E-state index in [-0.39, 0.29) is 5.71 Å². The standard InChI is InChI=1S/C18H10F5NO2/c1-2-3-9-11(10-7-5-4-6-8-10)24-26-18(25)12-13(19)15(21)17(23)16(22)14(12)20/h2-9H,1H2/b9-3+,24-11+. The molecular weight excluding hydrogens is 357 g/mol. The number of carbonyl (C=O) groups excluding carboxylic acids is 1. The van der Waals surface area contributed by atoms with E-state index in [0.717, 1.165) is 0 Å². The Morgan fingerprint density at radius 1 is 0.923 bits per heavy atom. The van der Waals surface area contributed by atoms with Crippen LogP contribution in [0.25, 0.3) is 0 Å². The Labute approximate surface area is 144 Å². The SMILES string of the molecule is C=C/C=C/C(=N\OC(=O)c1c(F)c(F)c(F)c(F)c1F)c1ccccc1. The van der Waals surface area contributed by atoms with Crippen LogP contribution >= 0.6 is 0 Å². The first kappa shape index (κ1) is 19.0. The van der Waals surface area contributed by atoms with Crippen LogP contribution in [0.4, 0.5) is 22.0 Å². The van der Waals surface area contributed by atoms with Crippen LogP contribution in [0, 0.1) is 29.1 Å². The molecule has 134 valence electrons. The van der Waals surface area contributed by atoms with E-state index in [1.54, 1.807) is 30.3 Å². The van der Waals surface area contributed by atoms with E-state index < -0.39 is 40.6 Å². The van der Waals surface area contributed by atoms with Gasteiger partial charge < -0.3 is 4.84 Å². The lowest BCUT2D eigenvalue weighted by atomic mass is 10.1. The zero-order chi connectivity index (χ0) is 19.3. The van der Waals surface area contributed by atoms with Crippen molar-refractivity contribution < 1.29 is 31.6 Å². The highest BCUT2D eigenvalue weighted by Crippen LogP contribution is 2.23. The summed E-state index contributed by atoms with van der Waals surface area (Å²) in [5.41, 5.74) is -1.20. The van der Waals surface area contributed by atoms with Crippen molar-refractivity contribution in [2.75, 3.05) is 0 Å². The second-order valence-corrected chi connectivity index (χ2v) is 4.76. The number of hydrogen-bond donors (Lipinski definition) is 0. The monoisotopic (exact) mass is 367 g/mol. The number of halogens is 5. The summed E-state index contributed by atoms with van der Waals surface area (Å²) in [7, 11) is 0. The lowest BCUT2D eigenvalue weighted by Crippen LogP contribution is -2.14. The first-order valence-electron chi connectivity index (χ1n) is 7.03. The predicted molar refractivity (Wildman–Crippen MR) is 84.0 cm³/mol. The van der Waals surface area contributed by atoms with Crippen molar-refractivity contribution in [1.29, 1.82) is 0 Å². The fraction of sp³-hybridized carbons (Fsp3) is 0. The van der Waals surface area contributed by atoms with E-state index in [1.165, 1.54) is 18.2 Å². The molecule has 0 atom stereocenters. The molecule has 0 aliphatic rings. The minimum absolute atomic E-state index is 0.0581. The normalized spacial score (nSPS) is 11.7. The molecule has 8 heteroatoms. The lowest BCUT2D eigenvalue weighted by molar-refractivity contribution is 0.0502. The van der Waals surface area contributed by atoms with Gasteiger partial charge >= 0.3 is 5.97 Å². The molecule has 3 nitrogen and oxygen atoms in total. The van der Waals surface area contributed by atoms with E-state index in [1.807, 2.05) is 0 Å². The fourth-order valence-electron chi connectivity index (χ4n) is 1.87. The Balaban J connectivity index is 2.41. The summed E-state index contributed by atoms with van der Waals surface area (Å²) in [6.07, 6.45) is 4.20. The molecule has 0 saturated heterocycles. The molecule has 2 aromatic carbocycles. The van der Waals surface area contributed by atoms with E-state index in [9.17, 15) is 26.7 Å². The van der Waals surface area contributed by atoms with Gasteiger partial charge in [0.1, 0.15) is 11.3 Å². The second-order valence-electron chi connectivity index (χ2n) is 4.76. The van der Waals surface area contributed by atoms with Crippen molar-refractivity contribution in [3.05, 3.63) is 95.4 Å². The highest BCUT2D eigenvalue weighted by atomic mass is 19.2. The van der Waals surface area contributed by atoms with Crippen molar-refractivity contribution in [2.24, 2.45) is 5.16 Å². The van der Waals surface area contributed by atoms with Gasteiger partial charge in [-0.3, -0.25) is 0 Å². The molecule has 0 heterocycles. The molecule has 0 bridgehead atoms. The van der Waals surface area contributed by atoms with Gasteiger partial charge in [-0.25, -0.2) is 26.7 Å². The number of hydrogen-bond acceptors (Lipinski definition) is 3. The zero-order valence-corrected chi connectivity index (χ0v) is 13.0. The third-order valence-corrected chi connectivity index (χ3v) is 3.10. The lowest BCUT2D eigenvalue weighted by Gasteiger charge is -2.06. The molecule has 0 saturated carbocycles. The Morgan fingerprint density at radius 2 is 1.46 bits per heavy atom. The molecule has 0 spiro atoms. The average Bonchev–Trinajstić information content (AvgIpc) is 2.65. The molecule has 0 aliphatic carbocycles. The van der Waals surface area contributed by atoms with Crippen molar-refractivity contribution in [1.82, 2.24) is 0 Å². The minimum atomic E-state index is -2.38. The predicted octanol–water partition coefficient (Wildman–Crippen LogP) is 4.69. The highest BCUT2D eigenvalue weighted by molar-refractivity contribution is 6.08. The van der Waals surface area contributed by atoms with Crippen LogP contribution in [0.15, 0.2) is 60.3 Å². The van der Waals surface area contributed by atoms with Gasteiger partial charge in [0.25, 0.3) is 0 Å². The summed E-state index contributed by atoms with van der Waals surface area (Å²) in [6.45, 7) is 3.45. The largest absolute Gasteiger partial charge is 0.371 e. The first-order chi connectivity index (χ1) is 12.4. The molecule has 0 fully saturated rings. The van der Waals surface area contributed by atoms with Crippen molar-refractivity contribution in [2.45, 2.75) is 0 Å². The Morgan fingerprint density at radius 3 is 2.00 bits per heavy atom. The van der Waals surface area contributed by atoms with E-state index in [4.69, 9.17) is 0 Å². The van der Waals surface area contributed by atoms with Crippen LogP contribution in [0.1, 0.15) is 15.9 Å². The van der Waals surface area contributed by atoms with Gasteiger partial charge in [-0.05, 0) is 6.08 Å². The maximum atomic E-state index is 13.6. The molecule has 0 N–H and O–H groups in total. The summed E-state index contributed by atoms with van der Waals surface area (Å²) in [5, 5.41) is 3.43. The van der Waals surface area contributed by atoms with E-state index in [0.29, 0.717) is 5.56 Å². The molecule has 0 aromatic heterocycles. The number of carbonyl (C=O) groups is 1. The summed E-state index contributed by atoms with van der Waals surface area (Å²) in [4.78, 5) is 16.2. The zero-order valence-electron chi connectivity index (χ0n) is 13.0. The van der Waals surface area contributed by atoms with Gasteiger partial charge in [-0.1, -0.05) is 54.2 Å². The molecular formula is C18H10F5NO2. The Kier molecular flexibility index (Phi) is 6.00. The van der Waals surface area contributed by atoms with Crippen LogP contribution in [0.5, 0.6) is 0 Å². The maximum absolute atomic E-state index is 13.6. The number of benzene rings is 2. The number of nitrogens with zero attached hydrogens (tertiary/aromatic N) is 1. The Hall–Kier alpha value is -3.29. The molecule has 26 heavy (non-hydrogen) atoms. The van der Waals surface area contributed by atoms with Gasteiger partial charge in [0, 0.05) is 5.56 Å². The third-order valence-electron chi connectivity index (χ3n) is 3.10. The second kappa shape index (κ2) is 8.19. The van der Waals surface area contributed by atoms with Gasteiger partial charge in [0.2, 0.25) is 5.82 Å². The molecule has 0 aliphatic heterocycles. The van der Waals surface area contributed by atoms with E-state index >= 15 is 0 Å². The van der Waals surface area contributed by atoms with Gasteiger partial charge in [0.05, 0.1) is 0 Å². The third kappa shape index (κ3) is 3.85. The molecule has 2 rings (SSSR count). The van der Waals surface area contributed by atoms with Gasteiger partial charge in [-0.15, -0.1) is 0 Å². The molecule has 0 unspecified atom stereocenters. The minimum Gasteiger partial charge on any atom is -0.312 e. The van der Waals surface area contributed by atoms with Crippen LogP contribution in [0.3, 0.4) is 0 Å². The topological polar surface area (TPSA) is 38.7 Å². The quantitative estimate of drug-likeness (QED) is 0.146. The summed E-state index contributed by atoms with van der Waals surface area (Å²) in [6, 6.07) is 8.20. The van der Waals surface area contributed by atoms with Crippen molar-refractivity contribution in [3.8, 4) is 0 Å². The molecule has 2 aromatic rings. The maximum Gasteiger partial charge on any atom is 0.371 e. The van der Waals surface area contributed by atoms with Crippen LogP contribution in [-0.2, 0) is 4.84 Å². The van der Waals surface area contributed by atoms with Crippen molar-refractivity contribution >= 4 is 11.7 Å². The number of rotatable bonds is 5. The van der Waals surface area contributed by atoms with Crippen LogP contribution in [0.2, 0.25) is 0 Å². The Bertz CT molecular complexity index is 879. The first-order valence-corrected chi connectivity index (χ1v) is 7.03. The fourth-order valence-corrected chi connectivity index (χ4v) is 1.87.